The Bertz CT molecular complexity index is 1250. The van der Waals surface area contributed by atoms with Crippen molar-refractivity contribution >= 4 is 39.4 Å². The molecule has 1 unspecified atom stereocenters. The fourth-order valence-corrected chi connectivity index (χ4v) is 5.82. The van der Waals surface area contributed by atoms with Crippen molar-refractivity contribution in [2.75, 3.05) is 5.32 Å². The third-order valence-corrected chi connectivity index (χ3v) is 7.21. The van der Waals surface area contributed by atoms with E-state index in [9.17, 15) is 9.59 Å². The predicted octanol–water partition coefficient (Wildman–Crippen LogP) is 4.86. The minimum atomic E-state index is -0.362. The SMILES string of the molecule is CC1CCc2c(sc(NC(=O)c3csc(-c4ncccn4)n3)c2C(=O)c2ccco2)C1. The highest BCUT2D eigenvalue weighted by Crippen LogP contribution is 2.41. The molecule has 1 amide bonds. The summed E-state index contributed by atoms with van der Waals surface area (Å²) in [5.74, 6) is 0.725. The molecule has 1 atom stereocenters. The number of anilines is 1. The van der Waals surface area contributed by atoms with E-state index in [2.05, 4.69) is 27.2 Å². The largest absolute Gasteiger partial charge is 0.461 e. The summed E-state index contributed by atoms with van der Waals surface area (Å²) in [5.41, 5.74) is 1.83. The van der Waals surface area contributed by atoms with Gasteiger partial charge in [-0.25, -0.2) is 15.0 Å². The van der Waals surface area contributed by atoms with E-state index in [4.69, 9.17) is 4.42 Å². The summed E-state index contributed by atoms with van der Waals surface area (Å²) in [7, 11) is 0. The summed E-state index contributed by atoms with van der Waals surface area (Å²) in [6, 6.07) is 5.06. The Morgan fingerprint density at radius 1 is 1.23 bits per heavy atom. The van der Waals surface area contributed by atoms with Crippen LogP contribution in [0.1, 0.15) is 50.4 Å². The van der Waals surface area contributed by atoms with Crippen LogP contribution in [-0.4, -0.2) is 26.6 Å². The first kappa shape index (κ1) is 19.8. The van der Waals surface area contributed by atoms with Gasteiger partial charge in [0.05, 0.1) is 11.8 Å². The zero-order valence-corrected chi connectivity index (χ0v) is 18.3. The number of nitrogens with one attached hydrogen (secondary N) is 1. The van der Waals surface area contributed by atoms with E-state index in [1.807, 2.05) is 0 Å². The molecule has 4 aromatic rings. The molecule has 5 rings (SSSR count). The molecule has 0 aliphatic heterocycles. The summed E-state index contributed by atoms with van der Waals surface area (Å²) < 4.78 is 5.35. The lowest BCUT2D eigenvalue weighted by molar-refractivity contribution is 0.101. The molecule has 0 radical (unpaired) electrons. The van der Waals surface area contributed by atoms with E-state index in [1.54, 1.807) is 36.0 Å². The molecule has 0 fully saturated rings. The Labute approximate surface area is 186 Å². The Hall–Kier alpha value is -3.17. The fraction of sp³-hybridized carbons (Fsp3) is 0.227. The third kappa shape index (κ3) is 3.82. The van der Waals surface area contributed by atoms with Gasteiger partial charge in [0.2, 0.25) is 5.78 Å². The molecule has 9 heteroatoms. The van der Waals surface area contributed by atoms with Crippen molar-refractivity contribution in [1.29, 1.82) is 0 Å². The number of hydrogen-bond acceptors (Lipinski definition) is 8. The number of rotatable bonds is 5. The van der Waals surface area contributed by atoms with Crippen LogP contribution in [0, 0.1) is 5.92 Å². The number of nitrogens with zero attached hydrogens (tertiary/aromatic N) is 3. The number of ketones is 1. The number of hydrogen-bond donors (Lipinski definition) is 1. The molecule has 0 spiro atoms. The molecular weight excluding hydrogens is 432 g/mol. The van der Waals surface area contributed by atoms with Crippen LogP contribution < -0.4 is 5.32 Å². The second-order valence-electron chi connectivity index (χ2n) is 7.43. The van der Waals surface area contributed by atoms with E-state index in [0.717, 1.165) is 29.7 Å². The summed E-state index contributed by atoms with van der Waals surface area (Å²) in [6.45, 7) is 2.21. The Morgan fingerprint density at radius 3 is 2.84 bits per heavy atom. The highest BCUT2D eigenvalue weighted by Gasteiger charge is 2.30. The number of thiophene rings is 1. The number of furan rings is 1. The molecular formula is C22H18N4O3S2. The summed E-state index contributed by atoms with van der Waals surface area (Å²) >= 11 is 2.78. The van der Waals surface area contributed by atoms with E-state index < -0.39 is 0 Å². The van der Waals surface area contributed by atoms with Crippen molar-refractivity contribution in [2.45, 2.75) is 26.2 Å². The van der Waals surface area contributed by atoms with Crippen LogP contribution in [0.2, 0.25) is 0 Å². The lowest BCUT2D eigenvalue weighted by Crippen LogP contribution is -2.16. The van der Waals surface area contributed by atoms with Crippen molar-refractivity contribution in [3.05, 3.63) is 69.7 Å². The summed E-state index contributed by atoms with van der Waals surface area (Å²) in [4.78, 5) is 40.0. The topological polar surface area (TPSA) is 98.0 Å². The lowest BCUT2D eigenvalue weighted by Gasteiger charge is -2.18. The lowest BCUT2D eigenvalue weighted by atomic mass is 9.87. The second kappa shape index (κ2) is 8.16. The number of carbonyl (C=O) groups is 2. The van der Waals surface area contributed by atoms with Gasteiger partial charge < -0.3 is 9.73 Å². The number of amides is 1. The fourth-order valence-electron chi connectivity index (χ4n) is 3.67. The smallest absolute Gasteiger partial charge is 0.275 e. The molecule has 0 saturated carbocycles. The highest BCUT2D eigenvalue weighted by atomic mass is 32.1. The minimum Gasteiger partial charge on any atom is -0.461 e. The highest BCUT2D eigenvalue weighted by molar-refractivity contribution is 7.17. The summed E-state index contributed by atoms with van der Waals surface area (Å²) in [6.07, 6.45) is 7.48. The van der Waals surface area contributed by atoms with Crippen LogP contribution in [0.4, 0.5) is 5.00 Å². The van der Waals surface area contributed by atoms with Gasteiger partial charge >= 0.3 is 0 Å². The van der Waals surface area contributed by atoms with E-state index in [-0.39, 0.29) is 23.1 Å². The maximum atomic E-state index is 13.2. The van der Waals surface area contributed by atoms with Crippen molar-refractivity contribution in [2.24, 2.45) is 5.92 Å². The van der Waals surface area contributed by atoms with E-state index >= 15 is 0 Å². The maximum Gasteiger partial charge on any atom is 0.275 e. The monoisotopic (exact) mass is 450 g/mol. The summed E-state index contributed by atoms with van der Waals surface area (Å²) in [5, 5.41) is 5.72. The van der Waals surface area contributed by atoms with Gasteiger partial charge in [0, 0.05) is 22.7 Å². The second-order valence-corrected chi connectivity index (χ2v) is 9.39. The first-order chi connectivity index (χ1) is 15.1. The Balaban J connectivity index is 1.47. The van der Waals surface area contributed by atoms with Crippen molar-refractivity contribution in [3.8, 4) is 10.8 Å². The van der Waals surface area contributed by atoms with Gasteiger partial charge in [0.25, 0.3) is 5.91 Å². The zero-order valence-electron chi connectivity index (χ0n) is 16.6. The van der Waals surface area contributed by atoms with Crippen molar-refractivity contribution < 1.29 is 14.0 Å². The molecule has 1 N–H and O–H groups in total. The van der Waals surface area contributed by atoms with Crippen LogP contribution in [0.5, 0.6) is 0 Å². The van der Waals surface area contributed by atoms with Gasteiger partial charge in [-0.2, -0.15) is 0 Å². The van der Waals surface area contributed by atoms with E-state index in [1.165, 1.54) is 28.9 Å². The number of carbonyl (C=O) groups excluding carboxylic acids is 2. The Morgan fingerprint density at radius 2 is 2.06 bits per heavy atom. The molecule has 31 heavy (non-hydrogen) atoms. The normalized spacial score (nSPS) is 15.5. The van der Waals surface area contributed by atoms with Gasteiger partial charge in [-0.3, -0.25) is 9.59 Å². The zero-order chi connectivity index (χ0) is 21.4. The Kier molecular flexibility index (Phi) is 5.21. The van der Waals surface area contributed by atoms with Gasteiger partial charge in [0.1, 0.15) is 10.7 Å². The molecule has 156 valence electrons. The molecule has 1 aliphatic carbocycles. The van der Waals surface area contributed by atoms with E-state index in [0.29, 0.717) is 27.3 Å². The number of thiazole rings is 1. The van der Waals surface area contributed by atoms with Gasteiger partial charge in [-0.05, 0) is 48.9 Å². The van der Waals surface area contributed by atoms with Gasteiger partial charge in [-0.15, -0.1) is 22.7 Å². The first-order valence-electron chi connectivity index (χ1n) is 9.87. The maximum absolute atomic E-state index is 13.2. The van der Waals surface area contributed by atoms with Gasteiger partial charge in [-0.1, -0.05) is 6.92 Å². The van der Waals surface area contributed by atoms with Crippen LogP contribution in [0.3, 0.4) is 0 Å². The van der Waals surface area contributed by atoms with Crippen LogP contribution in [0.25, 0.3) is 10.8 Å². The minimum absolute atomic E-state index is 0.205. The number of aromatic nitrogens is 3. The predicted molar refractivity (Wildman–Crippen MR) is 119 cm³/mol. The molecule has 4 aromatic heterocycles. The van der Waals surface area contributed by atoms with Crippen LogP contribution >= 0.6 is 22.7 Å². The molecule has 4 heterocycles. The molecule has 1 aliphatic rings. The average Bonchev–Trinajstić information content (AvgIpc) is 3.53. The quantitative estimate of drug-likeness (QED) is 0.436. The number of fused-ring (bicyclic) bond motifs is 1. The van der Waals surface area contributed by atoms with Crippen molar-refractivity contribution in [3.63, 3.8) is 0 Å². The molecule has 0 aromatic carbocycles. The molecule has 0 saturated heterocycles. The standard InChI is InChI=1S/C22H18N4O3S2/c1-12-5-6-13-16(10-12)31-21(17(13)18(27)15-4-2-9-29-15)26-20(28)14-11-30-22(25-14)19-23-7-3-8-24-19/h2-4,7-9,11-12H,5-6,10H2,1H3,(H,26,28). The first-order valence-corrected chi connectivity index (χ1v) is 11.6. The van der Waals surface area contributed by atoms with Crippen molar-refractivity contribution in [1.82, 2.24) is 15.0 Å². The van der Waals surface area contributed by atoms with Crippen LogP contribution in [-0.2, 0) is 12.8 Å². The van der Waals surface area contributed by atoms with Crippen LogP contribution in [0.15, 0.2) is 46.7 Å². The van der Waals surface area contributed by atoms with Gasteiger partial charge in [0.15, 0.2) is 16.6 Å². The third-order valence-electron chi connectivity index (χ3n) is 5.20. The molecule has 0 bridgehead atoms. The average molecular weight is 451 g/mol. The molecule has 7 nitrogen and oxygen atoms in total.